The fourth-order valence-corrected chi connectivity index (χ4v) is 1.99. The molecule has 6 heteroatoms. The molecule has 0 aliphatic heterocycles. The lowest BCUT2D eigenvalue weighted by Gasteiger charge is -2.04. The number of benzene rings is 1. The third-order valence-corrected chi connectivity index (χ3v) is 3.01. The molecule has 0 amide bonds. The van der Waals surface area contributed by atoms with Crippen LogP contribution in [0, 0.1) is 0 Å². The molecule has 2 heterocycles. The molecular formula is C14H12N4O2. The van der Waals surface area contributed by atoms with Crippen molar-refractivity contribution in [1.29, 1.82) is 0 Å². The molecule has 0 radical (unpaired) electrons. The highest BCUT2D eigenvalue weighted by Crippen LogP contribution is 2.21. The summed E-state index contributed by atoms with van der Waals surface area (Å²) in [5.41, 5.74) is 7.05. The van der Waals surface area contributed by atoms with Crippen molar-refractivity contribution in [1.82, 2.24) is 15.0 Å². The van der Waals surface area contributed by atoms with E-state index in [0.717, 1.165) is 16.7 Å². The van der Waals surface area contributed by atoms with Crippen molar-refractivity contribution in [2.24, 2.45) is 0 Å². The highest BCUT2D eigenvalue weighted by molar-refractivity contribution is 5.80. The lowest BCUT2D eigenvalue weighted by Crippen LogP contribution is -2.10. The third kappa shape index (κ3) is 2.07. The summed E-state index contributed by atoms with van der Waals surface area (Å²) in [7, 11) is 1.60. The topological polar surface area (TPSA) is 93.9 Å². The number of nitrogen functional groups attached to an aromatic ring is 1. The highest BCUT2D eigenvalue weighted by atomic mass is 16.5. The van der Waals surface area contributed by atoms with Gasteiger partial charge in [0.05, 0.1) is 7.11 Å². The van der Waals surface area contributed by atoms with Gasteiger partial charge in [-0.3, -0.25) is 4.79 Å². The smallest absolute Gasteiger partial charge is 0.257 e. The first-order chi connectivity index (χ1) is 9.67. The Labute approximate surface area is 114 Å². The van der Waals surface area contributed by atoms with E-state index in [0.29, 0.717) is 11.2 Å². The number of nitrogens with zero attached hydrogens (tertiary/aromatic N) is 2. The fourth-order valence-electron chi connectivity index (χ4n) is 1.99. The monoisotopic (exact) mass is 268 g/mol. The summed E-state index contributed by atoms with van der Waals surface area (Å²) >= 11 is 0. The maximum atomic E-state index is 12.1. The molecule has 0 unspecified atom stereocenters. The summed E-state index contributed by atoms with van der Waals surface area (Å²) < 4.78 is 5.10. The molecule has 0 saturated heterocycles. The molecular weight excluding hydrogens is 256 g/mol. The van der Waals surface area contributed by atoms with Gasteiger partial charge in [0.1, 0.15) is 11.4 Å². The summed E-state index contributed by atoms with van der Waals surface area (Å²) in [5.74, 6) is 0.868. The Bertz CT molecular complexity index is 825. The average Bonchev–Trinajstić information content (AvgIpc) is 2.46. The number of hydrogen-bond donors (Lipinski definition) is 2. The zero-order valence-electron chi connectivity index (χ0n) is 10.8. The highest BCUT2D eigenvalue weighted by Gasteiger charge is 2.07. The number of anilines is 1. The van der Waals surface area contributed by atoms with Gasteiger partial charge in [0, 0.05) is 17.1 Å². The molecule has 0 aliphatic rings. The number of rotatable bonds is 2. The zero-order chi connectivity index (χ0) is 14.1. The Morgan fingerprint density at radius 3 is 2.70 bits per heavy atom. The third-order valence-electron chi connectivity index (χ3n) is 3.01. The van der Waals surface area contributed by atoms with Crippen molar-refractivity contribution in [3.63, 3.8) is 0 Å². The molecule has 3 aromatic rings. The number of aromatic nitrogens is 3. The average molecular weight is 268 g/mol. The van der Waals surface area contributed by atoms with E-state index >= 15 is 0 Å². The number of pyridine rings is 1. The molecule has 0 bridgehead atoms. The second-order valence-electron chi connectivity index (χ2n) is 4.27. The molecule has 1 aromatic carbocycles. The van der Waals surface area contributed by atoms with Crippen LogP contribution in [0.25, 0.3) is 22.2 Å². The molecule has 0 atom stereocenters. The van der Waals surface area contributed by atoms with Crippen LogP contribution in [0.15, 0.2) is 41.3 Å². The van der Waals surface area contributed by atoms with Gasteiger partial charge >= 0.3 is 0 Å². The van der Waals surface area contributed by atoms with Gasteiger partial charge in [0.25, 0.3) is 5.56 Å². The van der Waals surface area contributed by atoms with Gasteiger partial charge in [-0.25, -0.2) is 4.98 Å². The lowest BCUT2D eigenvalue weighted by molar-refractivity contribution is 0.415. The predicted octanol–water partition coefficient (Wildman–Crippen LogP) is 1.58. The van der Waals surface area contributed by atoms with Crippen LogP contribution in [0.5, 0.6) is 5.75 Å². The van der Waals surface area contributed by atoms with E-state index in [-0.39, 0.29) is 11.5 Å². The van der Waals surface area contributed by atoms with Crippen molar-refractivity contribution in [3.8, 4) is 16.9 Å². The molecule has 0 aliphatic carbocycles. The minimum Gasteiger partial charge on any atom is -0.497 e. The zero-order valence-corrected chi connectivity index (χ0v) is 10.8. The first-order valence-corrected chi connectivity index (χ1v) is 5.97. The van der Waals surface area contributed by atoms with Crippen molar-refractivity contribution in [3.05, 3.63) is 46.9 Å². The van der Waals surface area contributed by atoms with E-state index < -0.39 is 0 Å². The van der Waals surface area contributed by atoms with E-state index in [1.165, 1.54) is 0 Å². The Morgan fingerprint density at radius 2 is 2.00 bits per heavy atom. The van der Waals surface area contributed by atoms with Crippen molar-refractivity contribution >= 4 is 17.0 Å². The summed E-state index contributed by atoms with van der Waals surface area (Å²) in [6.07, 6.45) is 1.58. The number of methoxy groups -OCH3 is 1. The van der Waals surface area contributed by atoms with Gasteiger partial charge in [-0.05, 0) is 23.8 Å². The first-order valence-electron chi connectivity index (χ1n) is 5.97. The van der Waals surface area contributed by atoms with Gasteiger partial charge in [0.2, 0.25) is 5.95 Å². The molecule has 100 valence electrons. The number of nitrogens with two attached hydrogens (primary N) is 1. The summed E-state index contributed by atoms with van der Waals surface area (Å²) in [5, 5.41) is 0.726. The van der Waals surface area contributed by atoms with Gasteiger partial charge in [-0.15, -0.1) is 0 Å². The second-order valence-corrected chi connectivity index (χ2v) is 4.27. The van der Waals surface area contributed by atoms with Gasteiger partial charge < -0.3 is 15.5 Å². The first kappa shape index (κ1) is 12.2. The van der Waals surface area contributed by atoms with Crippen LogP contribution in [-0.2, 0) is 0 Å². The van der Waals surface area contributed by atoms with Gasteiger partial charge in [-0.1, -0.05) is 12.1 Å². The van der Waals surface area contributed by atoms with E-state index in [9.17, 15) is 4.79 Å². The van der Waals surface area contributed by atoms with Crippen molar-refractivity contribution < 1.29 is 4.74 Å². The van der Waals surface area contributed by atoms with E-state index in [2.05, 4.69) is 15.0 Å². The van der Waals surface area contributed by atoms with Crippen LogP contribution in [0.2, 0.25) is 0 Å². The SMILES string of the molecule is COc1ccc(-c2cc3cnc(N)nc3[nH]c2=O)cc1. The Morgan fingerprint density at radius 1 is 1.25 bits per heavy atom. The largest absolute Gasteiger partial charge is 0.497 e. The fraction of sp³-hybridized carbons (Fsp3) is 0.0714. The number of ether oxygens (including phenoxy) is 1. The number of fused-ring (bicyclic) bond motifs is 1. The van der Waals surface area contributed by atoms with Crippen LogP contribution in [-0.4, -0.2) is 22.1 Å². The maximum Gasteiger partial charge on any atom is 0.257 e. The molecule has 0 saturated carbocycles. The van der Waals surface area contributed by atoms with Crippen LogP contribution in [0.4, 0.5) is 5.95 Å². The van der Waals surface area contributed by atoms with E-state index in [1.54, 1.807) is 31.5 Å². The number of H-pyrrole nitrogens is 1. The number of aromatic amines is 1. The minimum atomic E-state index is -0.222. The maximum absolute atomic E-state index is 12.1. The summed E-state index contributed by atoms with van der Waals surface area (Å²) in [4.78, 5) is 22.7. The normalized spacial score (nSPS) is 10.7. The molecule has 2 aromatic heterocycles. The van der Waals surface area contributed by atoms with Gasteiger partial charge in [-0.2, -0.15) is 4.98 Å². The number of hydrogen-bond acceptors (Lipinski definition) is 5. The van der Waals surface area contributed by atoms with Gasteiger partial charge in [0.15, 0.2) is 0 Å². The molecule has 3 N–H and O–H groups in total. The standard InChI is InChI=1S/C14H12N4O2/c1-20-10-4-2-8(3-5-10)11-6-9-7-16-14(15)18-12(9)17-13(11)19/h2-7H,1H3,(H3,15,16,17,18,19). The number of nitrogens with one attached hydrogen (secondary N) is 1. The Hall–Kier alpha value is -2.89. The van der Waals surface area contributed by atoms with Crippen LogP contribution in [0.1, 0.15) is 0 Å². The second kappa shape index (κ2) is 4.65. The van der Waals surface area contributed by atoms with Crippen LogP contribution < -0.4 is 16.0 Å². The van der Waals surface area contributed by atoms with Crippen LogP contribution in [0.3, 0.4) is 0 Å². The summed E-state index contributed by atoms with van der Waals surface area (Å²) in [6.45, 7) is 0. The molecule has 6 nitrogen and oxygen atoms in total. The Balaban J connectivity index is 2.17. The molecule has 0 fully saturated rings. The van der Waals surface area contributed by atoms with E-state index in [4.69, 9.17) is 10.5 Å². The molecule has 0 spiro atoms. The van der Waals surface area contributed by atoms with Crippen LogP contribution >= 0.6 is 0 Å². The minimum absolute atomic E-state index is 0.130. The molecule has 3 rings (SSSR count). The molecule has 20 heavy (non-hydrogen) atoms. The van der Waals surface area contributed by atoms with E-state index in [1.807, 2.05) is 12.1 Å². The quantitative estimate of drug-likeness (QED) is 0.735. The predicted molar refractivity (Wildman–Crippen MR) is 76.6 cm³/mol. The summed E-state index contributed by atoms with van der Waals surface area (Å²) in [6, 6.07) is 9.01. The lowest BCUT2D eigenvalue weighted by atomic mass is 10.1. The van der Waals surface area contributed by atoms with Crippen molar-refractivity contribution in [2.45, 2.75) is 0 Å². The van der Waals surface area contributed by atoms with Crippen molar-refractivity contribution in [2.75, 3.05) is 12.8 Å². The Kier molecular flexibility index (Phi) is 2.83.